The first-order valence-electron chi connectivity index (χ1n) is 6.30. The van der Waals surface area contributed by atoms with E-state index in [1.54, 1.807) is 6.26 Å². The minimum atomic E-state index is 0.754. The van der Waals surface area contributed by atoms with E-state index in [2.05, 4.69) is 46.4 Å². The van der Waals surface area contributed by atoms with Gasteiger partial charge in [-0.15, -0.1) is 0 Å². The average Bonchev–Trinajstić information content (AvgIpc) is 3.09. The molecule has 0 radical (unpaired) electrons. The van der Waals surface area contributed by atoms with Gasteiger partial charge in [-0.05, 0) is 52.9 Å². The molecular weight excluding hydrogens is 290 g/mol. The van der Waals surface area contributed by atoms with E-state index in [9.17, 15) is 0 Å². The third-order valence-electron chi connectivity index (χ3n) is 3.32. The number of hydrogen-bond donors (Lipinski definition) is 1. The molecular formula is C15H16BrNO. The normalized spacial score (nSPS) is 15.0. The van der Waals surface area contributed by atoms with Gasteiger partial charge < -0.3 is 9.73 Å². The predicted molar refractivity (Wildman–Crippen MR) is 76.4 cm³/mol. The summed E-state index contributed by atoms with van der Waals surface area (Å²) in [4.78, 5) is 0. The van der Waals surface area contributed by atoms with Gasteiger partial charge in [0.15, 0.2) is 0 Å². The van der Waals surface area contributed by atoms with E-state index in [-0.39, 0.29) is 0 Å². The molecule has 2 nitrogen and oxygen atoms in total. The molecule has 3 heteroatoms. The van der Waals surface area contributed by atoms with Gasteiger partial charge in [0, 0.05) is 18.2 Å². The molecule has 1 aliphatic carbocycles. The van der Waals surface area contributed by atoms with Gasteiger partial charge in [-0.25, -0.2) is 0 Å². The van der Waals surface area contributed by atoms with E-state index in [1.807, 2.05) is 6.07 Å². The summed E-state index contributed by atoms with van der Waals surface area (Å²) in [7, 11) is 0. The Morgan fingerprint density at radius 2 is 2.17 bits per heavy atom. The largest absolute Gasteiger partial charge is 0.463 e. The van der Waals surface area contributed by atoms with Crippen molar-refractivity contribution >= 4 is 15.9 Å². The highest BCUT2D eigenvalue weighted by atomic mass is 79.9. The van der Waals surface area contributed by atoms with Gasteiger partial charge in [-0.1, -0.05) is 18.2 Å². The number of benzene rings is 1. The van der Waals surface area contributed by atoms with E-state index in [0.29, 0.717) is 0 Å². The summed E-state index contributed by atoms with van der Waals surface area (Å²) in [6.45, 7) is 3.09. The molecule has 1 aromatic heterocycles. The minimum absolute atomic E-state index is 0.754. The summed E-state index contributed by atoms with van der Waals surface area (Å²) in [5.74, 6) is 0.911. The molecule has 1 aromatic carbocycles. The smallest absolute Gasteiger partial charge is 0.148 e. The topological polar surface area (TPSA) is 25.2 Å². The van der Waals surface area contributed by atoms with E-state index >= 15 is 0 Å². The zero-order valence-corrected chi connectivity index (χ0v) is 12.0. The highest BCUT2D eigenvalue weighted by Crippen LogP contribution is 2.32. The van der Waals surface area contributed by atoms with Crippen molar-refractivity contribution in [2.45, 2.75) is 32.4 Å². The van der Waals surface area contributed by atoms with Gasteiger partial charge >= 0.3 is 0 Å². The molecule has 1 saturated carbocycles. The first kappa shape index (κ1) is 12.0. The highest BCUT2D eigenvalue weighted by molar-refractivity contribution is 9.10. The van der Waals surface area contributed by atoms with Crippen molar-refractivity contribution in [2.75, 3.05) is 0 Å². The minimum Gasteiger partial charge on any atom is -0.463 e. The number of nitrogens with one attached hydrogen (secondary N) is 1. The number of aryl methyl sites for hydroxylation is 1. The third kappa shape index (κ3) is 2.52. The Hall–Kier alpha value is -1.06. The van der Waals surface area contributed by atoms with Crippen LogP contribution in [0.1, 0.15) is 24.0 Å². The fourth-order valence-electron chi connectivity index (χ4n) is 2.13. The lowest BCUT2D eigenvalue weighted by Gasteiger charge is -2.08. The molecule has 0 amide bonds. The first-order chi connectivity index (χ1) is 8.74. The molecule has 1 fully saturated rings. The lowest BCUT2D eigenvalue weighted by Crippen LogP contribution is -2.15. The molecule has 1 aliphatic rings. The van der Waals surface area contributed by atoms with Gasteiger partial charge in [0.2, 0.25) is 0 Å². The maximum Gasteiger partial charge on any atom is 0.148 e. The van der Waals surface area contributed by atoms with E-state index in [4.69, 9.17) is 4.42 Å². The molecule has 0 atom stereocenters. The number of furan rings is 1. The van der Waals surface area contributed by atoms with Crippen molar-refractivity contribution in [3.63, 3.8) is 0 Å². The highest BCUT2D eigenvalue weighted by Gasteiger charge is 2.20. The summed E-state index contributed by atoms with van der Waals surface area (Å²) < 4.78 is 6.53. The van der Waals surface area contributed by atoms with E-state index in [1.165, 1.54) is 24.0 Å². The summed E-state index contributed by atoms with van der Waals surface area (Å²) in [5.41, 5.74) is 3.74. The fourth-order valence-corrected chi connectivity index (χ4v) is 2.54. The van der Waals surface area contributed by atoms with Crippen LogP contribution < -0.4 is 5.32 Å². The number of hydrogen-bond acceptors (Lipinski definition) is 2. The van der Waals surface area contributed by atoms with Gasteiger partial charge in [0.25, 0.3) is 0 Å². The molecule has 0 aliphatic heterocycles. The van der Waals surface area contributed by atoms with Gasteiger partial charge in [-0.2, -0.15) is 0 Å². The van der Waals surface area contributed by atoms with Crippen molar-refractivity contribution in [1.29, 1.82) is 0 Å². The predicted octanol–water partition coefficient (Wildman–Crippen LogP) is 4.27. The van der Waals surface area contributed by atoms with Crippen LogP contribution in [0.2, 0.25) is 0 Å². The maximum atomic E-state index is 5.52. The van der Waals surface area contributed by atoms with Crippen LogP contribution in [0.15, 0.2) is 39.4 Å². The second-order valence-electron chi connectivity index (χ2n) is 4.90. The molecule has 0 spiro atoms. The molecule has 94 valence electrons. The average molecular weight is 306 g/mol. The zero-order chi connectivity index (χ0) is 12.5. The standard InChI is InChI=1S/C15H16BrNO/c1-10-8-11(9-17-12-3-4-12)2-5-13(10)15-14(16)6-7-18-15/h2,5-8,12,17H,3-4,9H2,1H3. The van der Waals surface area contributed by atoms with Crippen LogP contribution in [-0.2, 0) is 6.54 Å². The number of rotatable bonds is 4. The van der Waals surface area contributed by atoms with Crippen LogP contribution in [-0.4, -0.2) is 6.04 Å². The first-order valence-corrected chi connectivity index (χ1v) is 7.09. The SMILES string of the molecule is Cc1cc(CNC2CC2)ccc1-c1occc1Br. The van der Waals surface area contributed by atoms with Gasteiger partial charge in [-0.3, -0.25) is 0 Å². The lowest BCUT2D eigenvalue weighted by atomic mass is 10.0. The van der Waals surface area contributed by atoms with Gasteiger partial charge in [0.1, 0.15) is 5.76 Å². The maximum absolute atomic E-state index is 5.52. The van der Waals surface area contributed by atoms with Crippen molar-refractivity contribution < 1.29 is 4.42 Å². The Labute approximate surface area is 116 Å². The molecule has 0 bridgehead atoms. The van der Waals surface area contributed by atoms with E-state index < -0.39 is 0 Å². The van der Waals surface area contributed by atoms with Crippen molar-refractivity contribution in [3.8, 4) is 11.3 Å². The monoisotopic (exact) mass is 305 g/mol. The van der Waals surface area contributed by atoms with Crippen LogP contribution in [0.3, 0.4) is 0 Å². The lowest BCUT2D eigenvalue weighted by molar-refractivity contribution is 0.580. The summed E-state index contributed by atoms with van der Waals surface area (Å²) in [5, 5.41) is 3.53. The molecule has 0 saturated heterocycles. The van der Waals surface area contributed by atoms with Crippen LogP contribution >= 0.6 is 15.9 Å². The molecule has 1 heterocycles. The molecule has 18 heavy (non-hydrogen) atoms. The Morgan fingerprint density at radius 3 is 2.78 bits per heavy atom. The van der Waals surface area contributed by atoms with Crippen LogP contribution in [0.25, 0.3) is 11.3 Å². The molecule has 0 unspecified atom stereocenters. The molecule has 1 N–H and O–H groups in total. The Bertz CT molecular complexity index is 557. The van der Waals surface area contributed by atoms with Gasteiger partial charge in [0.05, 0.1) is 10.7 Å². The Kier molecular flexibility index (Phi) is 3.27. The second-order valence-corrected chi connectivity index (χ2v) is 5.76. The Balaban J connectivity index is 1.82. The summed E-state index contributed by atoms with van der Waals surface area (Å²) in [6, 6.07) is 9.23. The second kappa shape index (κ2) is 4.90. The molecule has 3 rings (SSSR count). The van der Waals surface area contributed by atoms with Crippen molar-refractivity contribution in [1.82, 2.24) is 5.32 Å². The summed E-state index contributed by atoms with van der Waals surface area (Å²) >= 11 is 3.51. The Morgan fingerprint density at radius 1 is 1.33 bits per heavy atom. The van der Waals surface area contributed by atoms with E-state index in [0.717, 1.165) is 28.4 Å². The van der Waals surface area contributed by atoms with Crippen LogP contribution in [0.4, 0.5) is 0 Å². The van der Waals surface area contributed by atoms with Crippen LogP contribution in [0, 0.1) is 6.92 Å². The quantitative estimate of drug-likeness (QED) is 0.912. The van der Waals surface area contributed by atoms with Crippen LogP contribution in [0.5, 0.6) is 0 Å². The zero-order valence-electron chi connectivity index (χ0n) is 10.4. The molecule has 2 aromatic rings. The van der Waals surface area contributed by atoms with Crippen molar-refractivity contribution in [3.05, 3.63) is 46.1 Å². The summed E-state index contributed by atoms with van der Waals surface area (Å²) in [6.07, 6.45) is 4.37. The van der Waals surface area contributed by atoms with Crippen molar-refractivity contribution in [2.24, 2.45) is 0 Å². The number of halogens is 1. The fraction of sp³-hybridized carbons (Fsp3) is 0.333. The third-order valence-corrected chi connectivity index (χ3v) is 3.95.